The van der Waals surface area contributed by atoms with Gasteiger partial charge in [-0.15, -0.1) is 0 Å². The van der Waals surface area contributed by atoms with E-state index in [4.69, 9.17) is 11.5 Å². The maximum Gasteiger partial charge on any atom is 0.258 e. The van der Waals surface area contributed by atoms with Crippen LogP contribution in [-0.2, 0) is 0 Å². The summed E-state index contributed by atoms with van der Waals surface area (Å²) in [7, 11) is 0. The molecule has 4 heteroatoms. The van der Waals surface area contributed by atoms with Gasteiger partial charge in [-0.2, -0.15) is 0 Å². The summed E-state index contributed by atoms with van der Waals surface area (Å²) in [6.45, 7) is 17.7. The van der Waals surface area contributed by atoms with E-state index in [1.54, 1.807) is 18.2 Å². The molecule has 0 saturated carbocycles. The molecule has 1 rings (SSSR count). The van der Waals surface area contributed by atoms with Gasteiger partial charge < -0.3 is 16.4 Å². The zero-order valence-electron chi connectivity index (χ0n) is 18.6. The minimum atomic E-state index is -0.0238. The van der Waals surface area contributed by atoms with Gasteiger partial charge in [0.2, 0.25) is 0 Å². The van der Waals surface area contributed by atoms with E-state index in [9.17, 15) is 4.79 Å². The molecule has 0 aromatic heterocycles. The van der Waals surface area contributed by atoms with Gasteiger partial charge in [-0.3, -0.25) is 4.79 Å². The van der Waals surface area contributed by atoms with Crippen molar-refractivity contribution in [2.45, 2.75) is 80.3 Å². The summed E-state index contributed by atoms with van der Waals surface area (Å²) in [5, 5.41) is 0. The minimum absolute atomic E-state index is 0.0238. The minimum Gasteiger partial charge on any atom is -0.398 e. The number of carbonyl (C=O) groups is 1. The summed E-state index contributed by atoms with van der Waals surface area (Å²) in [6, 6.07) is 5.64. The van der Waals surface area contributed by atoms with Crippen molar-refractivity contribution in [1.29, 1.82) is 0 Å². The van der Waals surface area contributed by atoms with Gasteiger partial charge in [-0.1, -0.05) is 61.5 Å². The molecule has 2 atom stereocenters. The second-order valence-electron chi connectivity index (χ2n) is 9.41. The van der Waals surface area contributed by atoms with E-state index in [0.29, 0.717) is 40.6 Å². The van der Waals surface area contributed by atoms with E-state index < -0.39 is 0 Å². The average Bonchev–Trinajstić information content (AvgIpc) is 2.52. The van der Waals surface area contributed by atoms with E-state index in [-0.39, 0.29) is 18.0 Å². The van der Waals surface area contributed by atoms with Crippen LogP contribution in [-0.4, -0.2) is 22.9 Å². The van der Waals surface area contributed by atoms with E-state index in [1.807, 2.05) is 0 Å². The quantitative estimate of drug-likeness (QED) is 0.565. The van der Waals surface area contributed by atoms with Crippen molar-refractivity contribution in [3.05, 3.63) is 23.8 Å². The number of amides is 1. The highest BCUT2D eigenvalue weighted by molar-refractivity contribution is 6.04. The van der Waals surface area contributed by atoms with Crippen molar-refractivity contribution < 1.29 is 4.79 Å². The number of benzene rings is 1. The third-order valence-corrected chi connectivity index (χ3v) is 5.26. The Hall–Kier alpha value is -1.71. The lowest BCUT2D eigenvalue weighted by Crippen LogP contribution is -2.52. The fourth-order valence-corrected chi connectivity index (χ4v) is 3.89. The number of hydrogen-bond donors (Lipinski definition) is 2. The number of hydrogen-bond acceptors (Lipinski definition) is 3. The third-order valence-electron chi connectivity index (χ3n) is 5.26. The Morgan fingerprint density at radius 3 is 1.48 bits per heavy atom. The summed E-state index contributed by atoms with van der Waals surface area (Å²) >= 11 is 0. The molecule has 0 bridgehead atoms. The Kier molecular flexibility index (Phi) is 8.64. The fraction of sp³-hybridized carbons (Fsp3) is 0.696. The van der Waals surface area contributed by atoms with Gasteiger partial charge in [0.25, 0.3) is 5.91 Å². The molecule has 0 saturated heterocycles. The second kappa shape index (κ2) is 10.0. The molecule has 0 heterocycles. The van der Waals surface area contributed by atoms with Gasteiger partial charge >= 0.3 is 0 Å². The SMILES string of the molecule is CC(C)CC(C(C)C)N(C(=O)c1c(N)cccc1N)C(CC(C)C)C(C)C. The van der Waals surface area contributed by atoms with Crippen LogP contribution in [0.2, 0.25) is 0 Å². The molecule has 1 aromatic rings. The van der Waals surface area contributed by atoms with Gasteiger partial charge in [0.05, 0.1) is 5.56 Å². The van der Waals surface area contributed by atoms with E-state index in [1.165, 1.54) is 0 Å². The predicted octanol–water partition coefficient (Wildman–Crippen LogP) is 5.43. The number of nitrogens with two attached hydrogens (primary N) is 2. The lowest BCUT2D eigenvalue weighted by molar-refractivity contribution is 0.0332. The molecule has 27 heavy (non-hydrogen) atoms. The molecule has 0 fully saturated rings. The Labute approximate surface area is 166 Å². The van der Waals surface area contributed by atoms with Gasteiger partial charge in [0.1, 0.15) is 0 Å². The summed E-state index contributed by atoms with van der Waals surface area (Å²) < 4.78 is 0. The van der Waals surface area contributed by atoms with E-state index in [0.717, 1.165) is 12.8 Å². The monoisotopic (exact) mass is 375 g/mol. The highest BCUT2D eigenvalue weighted by Gasteiger charge is 2.36. The Morgan fingerprint density at radius 2 is 1.19 bits per heavy atom. The van der Waals surface area contributed by atoms with Crippen molar-refractivity contribution >= 4 is 17.3 Å². The predicted molar refractivity (Wildman–Crippen MR) is 118 cm³/mol. The van der Waals surface area contributed by atoms with Crippen LogP contribution in [0.5, 0.6) is 0 Å². The lowest BCUT2D eigenvalue weighted by Gasteiger charge is -2.44. The number of nitrogens with zero attached hydrogens (tertiary/aromatic N) is 1. The highest BCUT2D eigenvalue weighted by atomic mass is 16.2. The Bertz CT molecular complexity index is 565. The lowest BCUT2D eigenvalue weighted by atomic mass is 9.86. The Morgan fingerprint density at radius 1 is 0.815 bits per heavy atom. The zero-order valence-corrected chi connectivity index (χ0v) is 18.6. The maximum atomic E-state index is 13.8. The maximum absolute atomic E-state index is 13.8. The summed E-state index contributed by atoms with van der Waals surface area (Å²) in [5.41, 5.74) is 13.8. The molecule has 0 aliphatic carbocycles. The molecule has 1 amide bonds. The first-order valence-corrected chi connectivity index (χ1v) is 10.4. The molecule has 154 valence electrons. The largest absolute Gasteiger partial charge is 0.398 e. The first kappa shape index (κ1) is 23.3. The molecule has 0 spiro atoms. The normalized spacial score (nSPS) is 14.2. The van der Waals surface area contributed by atoms with Gasteiger partial charge in [-0.25, -0.2) is 0 Å². The molecule has 0 aliphatic heterocycles. The van der Waals surface area contributed by atoms with Crippen LogP contribution in [0.25, 0.3) is 0 Å². The van der Waals surface area contributed by atoms with E-state index >= 15 is 0 Å². The van der Waals surface area contributed by atoms with Crippen LogP contribution < -0.4 is 11.5 Å². The van der Waals surface area contributed by atoms with Crippen LogP contribution >= 0.6 is 0 Å². The fourth-order valence-electron chi connectivity index (χ4n) is 3.89. The van der Waals surface area contributed by atoms with Crippen LogP contribution in [0.15, 0.2) is 18.2 Å². The van der Waals surface area contributed by atoms with Crippen LogP contribution in [0.3, 0.4) is 0 Å². The molecule has 4 nitrogen and oxygen atoms in total. The molecular weight excluding hydrogens is 334 g/mol. The zero-order chi connectivity index (χ0) is 20.9. The Balaban J connectivity index is 3.53. The second-order valence-corrected chi connectivity index (χ2v) is 9.41. The van der Waals surface area contributed by atoms with Crippen molar-refractivity contribution in [3.8, 4) is 0 Å². The number of rotatable bonds is 9. The van der Waals surface area contributed by atoms with Gasteiger partial charge in [0, 0.05) is 23.5 Å². The van der Waals surface area contributed by atoms with Crippen LogP contribution in [0.1, 0.15) is 78.6 Å². The van der Waals surface area contributed by atoms with Crippen molar-refractivity contribution in [2.24, 2.45) is 23.7 Å². The molecular formula is C23H41N3O. The first-order chi connectivity index (χ1) is 12.5. The van der Waals surface area contributed by atoms with Crippen LogP contribution in [0.4, 0.5) is 11.4 Å². The smallest absolute Gasteiger partial charge is 0.258 e. The van der Waals surface area contributed by atoms with Crippen molar-refractivity contribution in [3.63, 3.8) is 0 Å². The highest BCUT2D eigenvalue weighted by Crippen LogP contribution is 2.32. The van der Waals surface area contributed by atoms with Gasteiger partial charge in [-0.05, 0) is 48.6 Å². The standard InChI is InChI=1S/C23H41N3O/c1-14(2)12-20(16(5)6)26(21(17(7)8)13-15(3)4)23(27)22-18(24)10-9-11-19(22)25/h9-11,14-17,20-21H,12-13,24-25H2,1-8H3. The number of carbonyl (C=O) groups excluding carboxylic acids is 1. The summed E-state index contributed by atoms with van der Waals surface area (Å²) in [6.07, 6.45) is 1.94. The molecule has 0 radical (unpaired) electrons. The molecule has 2 unspecified atom stereocenters. The van der Waals surface area contributed by atoms with E-state index in [2.05, 4.69) is 60.3 Å². The average molecular weight is 376 g/mol. The molecule has 0 aliphatic rings. The summed E-state index contributed by atoms with van der Waals surface area (Å²) in [5.74, 6) is 1.70. The number of anilines is 2. The topological polar surface area (TPSA) is 72.3 Å². The van der Waals surface area contributed by atoms with Crippen molar-refractivity contribution in [1.82, 2.24) is 4.90 Å². The summed E-state index contributed by atoms with van der Waals surface area (Å²) in [4.78, 5) is 15.9. The first-order valence-electron chi connectivity index (χ1n) is 10.4. The molecule has 1 aromatic carbocycles. The number of nitrogen functional groups attached to an aromatic ring is 2. The van der Waals surface area contributed by atoms with Crippen molar-refractivity contribution in [2.75, 3.05) is 11.5 Å². The molecule has 4 N–H and O–H groups in total. The van der Waals surface area contributed by atoms with Gasteiger partial charge in [0.15, 0.2) is 0 Å². The van der Waals surface area contributed by atoms with Crippen LogP contribution in [0, 0.1) is 23.7 Å². The third kappa shape index (κ3) is 6.15.